The molecule has 3 rings (SSSR count). The van der Waals surface area contributed by atoms with E-state index in [2.05, 4.69) is 35.1 Å². The molecule has 0 aliphatic carbocycles. The Morgan fingerprint density at radius 2 is 2.16 bits per heavy atom. The fourth-order valence-corrected chi connectivity index (χ4v) is 2.92. The van der Waals surface area contributed by atoms with Crippen molar-refractivity contribution in [3.63, 3.8) is 0 Å². The van der Waals surface area contributed by atoms with Crippen LogP contribution >= 0.6 is 0 Å². The summed E-state index contributed by atoms with van der Waals surface area (Å²) in [5, 5.41) is 12.3. The van der Waals surface area contributed by atoms with Crippen LogP contribution in [0.5, 0.6) is 0 Å². The summed E-state index contributed by atoms with van der Waals surface area (Å²) in [7, 11) is 0. The molecule has 1 N–H and O–H groups in total. The van der Waals surface area contributed by atoms with Crippen molar-refractivity contribution in [2.45, 2.75) is 20.3 Å². The maximum atomic E-state index is 12.5. The first-order valence-electron chi connectivity index (χ1n) is 8.62. The minimum absolute atomic E-state index is 0.217. The predicted molar refractivity (Wildman–Crippen MR) is 95.7 cm³/mol. The van der Waals surface area contributed by atoms with Crippen molar-refractivity contribution in [3.05, 3.63) is 24.0 Å². The van der Waals surface area contributed by atoms with E-state index in [1.165, 1.54) is 10.9 Å². The van der Waals surface area contributed by atoms with Gasteiger partial charge in [-0.15, -0.1) is 0 Å². The normalized spacial score (nSPS) is 14.7. The second-order valence-electron chi connectivity index (χ2n) is 6.60. The van der Waals surface area contributed by atoms with Crippen molar-refractivity contribution in [2.75, 3.05) is 37.7 Å². The number of fused-ring (bicyclic) bond motifs is 1. The summed E-state index contributed by atoms with van der Waals surface area (Å²) in [6.45, 7) is 7.64. The fourth-order valence-electron chi connectivity index (χ4n) is 2.92. The zero-order chi connectivity index (χ0) is 17.8. The maximum absolute atomic E-state index is 12.5. The first kappa shape index (κ1) is 17.2. The molecule has 1 amide bonds. The molecule has 2 heterocycles. The molecule has 1 aromatic heterocycles. The second-order valence-corrected chi connectivity index (χ2v) is 6.60. The number of amides is 1. The molecule has 25 heavy (non-hydrogen) atoms. The zero-order valence-electron chi connectivity index (χ0n) is 14.7. The molecule has 0 spiro atoms. The quantitative estimate of drug-likeness (QED) is 0.923. The average molecular weight is 341 g/mol. The molecular formula is C18H23N5O2. The van der Waals surface area contributed by atoms with Gasteiger partial charge >= 0.3 is 6.03 Å². The summed E-state index contributed by atoms with van der Waals surface area (Å²) in [5.41, 5.74) is 2.79. The minimum atomic E-state index is -0.217. The van der Waals surface area contributed by atoms with Crippen LogP contribution < -0.4 is 10.2 Å². The number of anilines is 1. The van der Waals surface area contributed by atoms with Crippen LogP contribution in [0.3, 0.4) is 0 Å². The van der Waals surface area contributed by atoms with E-state index in [-0.39, 0.29) is 6.03 Å². The summed E-state index contributed by atoms with van der Waals surface area (Å²) in [6.07, 6.45) is 2.45. The molecule has 2 aromatic rings. The fraction of sp³-hybridized carbons (Fsp3) is 0.500. The third kappa shape index (κ3) is 3.74. The van der Waals surface area contributed by atoms with Crippen LogP contribution in [0.4, 0.5) is 10.5 Å². The van der Waals surface area contributed by atoms with E-state index in [9.17, 15) is 10.1 Å². The van der Waals surface area contributed by atoms with Crippen molar-refractivity contribution in [2.24, 2.45) is 5.92 Å². The van der Waals surface area contributed by atoms with Crippen molar-refractivity contribution in [3.8, 4) is 6.07 Å². The van der Waals surface area contributed by atoms with Gasteiger partial charge in [0.25, 0.3) is 0 Å². The highest BCUT2D eigenvalue weighted by molar-refractivity contribution is 5.96. The Labute approximate surface area is 147 Å². The van der Waals surface area contributed by atoms with Gasteiger partial charge in [0.1, 0.15) is 11.8 Å². The lowest BCUT2D eigenvalue weighted by molar-refractivity contribution is 0.123. The van der Waals surface area contributed by atoms with Crippen molar-refractivity contribution in [1.29, 1.82) is 5.26 Å². The highest BCUT2D eigenvalue weighted by Crippen LogP contribution is 2.28. The lowest BCUT2D eigenvalue weighted by atomic mass is 10.1. The third-order valence-electron chi connectivity index (χ3n) is 4.33. The molecule has 0 saturated carbocycles. The van der Waals surface area contributed by atoms with Crippen LogP contribution in [-0.2, 0) is 4.74 Å². The number of hydrogen-bond donors (Lipinski definition) is 1. The highest BCUT2D eigenvalue weighted by atomic mass is 16.5. The Morgan fingerprint density at radius 3 is 2.84 bits per heavy atom. The van der Waals surface area contributed by atoms with Gasteiger partial charge in [0.05, 0.1) is 36.1 Å². The van der Waals surface area contributed by atoms with Crippen LogP contribution in [0.15, 0.2) is 18.5 Å². The largest absolute Gasteiger partial charge is 0.378 e. The van der Waals surface area contributed by atoms with Crippen molar-refractivity contribution in [1.82, 2.24) is 14.9 Å². The molecule has 0 atom stereocenters. The van der Waals surface area contributed by atoms with Crippen LogP contribution in [-0.4, -0.2) is 48.4 Å². The number of nitrogens with one attached hydrogen (secondary N) is 1. The van der Waals surface area contributed by atoms with E-state index in [0.29, 0.717) is 36.8 Å². The SMILES string of the molecule is CC(C)CCNC(=O)n1cnc2c(N3CCOCC3)cc(C#N)cc21. The van der Waals surface area contributed by atoms with Gasteiger partial charge in [0.15, 0.2) is 0 Å². The molecule has 1 saturated heterocycles. The first-order valence-corrected chi connectivity index (χ1v) is 8.62. The standard InChI is InChI=1S/C18H23N5O2/c1-13(2)3-4-20-18(24)23-12-21-17-15(22-5-7-25-8-6-22)9-14(11-19)10-16(17)23/h9-10,12-13H,3-8H2,1-2H3,(H,20,24). The molecule has 1 aromatic carbocycles. The molecule has 1 aliphatic heterocycles. The number of carbonyl (C=O) groups excluding carboxylic acids is 1. The van der Waals surface area contributed by atoms with Gasteiger partial charge in [-0.25, -0.2) is 9.78 Å². The lowest BCUT2D eigenvalue weighted by Gasteiger charge is -2.29. The van der Waals surface area contributed by atoms with E-state index in [1.807, 2.05) is 6.07 Å². The molecule has 0 bridgehead atoms. The smallest absolute Gasteiger partial charge is 0.327 e. The molecule has 1 fully saturated rings. The van der Waals surface area contributed by atoms with E-state index >= 15 is 0 Å². The second kappa shape index (κ2) is 7.53. The van der Waals surface area contributed by atoms with Gasteiger partial charge < -0.3 is 15.0 Å². The summed E-state index contributed by atoms with van der Waals surface area (Å²) in [4.78, 5) is 19.1. The van der Waals surface area contributed by atoms with Gasteiger partial charge in [0, 0.05) is 19.6 Å². The Morgan fingerprint density at radius 1 is 1.40 bits per heavy atom. The number of morpholine rings is 1. The number of aromatic nitrogens is 2. The number of imidazole rings is 1. The number of ether oxygens (including phenoxy) is 1. The van der Waals surface area contributed by atoms with Gasteiger partial charge in [-0.3, -0.25) is 4.57 Å². The predicted octanol–water partition coefficient (Wildman–Crippen LogP) is 2.35. The third-order valence-corrected chi connectivity index (χ3v) is 4.33. The molecule has 0 unspecified atom stereocenters. The van der Waals surface area contributed by atoms with Crippen LogP contribution in [0.2, 0.25) is 0 Å². The Bertz CT molecular complexity index is 800. The van der Waals surface area contributed by atoms with Gasteiger partial charge in [0.2, 0.25) is 0 Å². The number of nitrogens with zero attached hydrogens (tertiary/aromatic N) is 4. The van der Waals surface area contributed by atoms with Crippen molar-refractivity contribution >= 4 is 22.8 Å². The van der Waals surface area contributed by atoms with E-state index < -0.39 is 0 Å². The minimum Gasteiger partial charge on any atom is -0.378 e. The Hall–Kier alpha value is -2.59. The van der Waals surface area contributed by atoms with Crippen LogP contribution in [0.25, 0.3) is 11.0 Å². The summed E-state index contributed by atoms with van der Waals surface area (Å²) >= 11 is 0. The zero-order valence-corrected chi connectivity index (χ0v) is 14.7. The van der Waals surface area contributed by atoms with Crippen LogP contribution in [0.1, 0.15) is 25.8 Å². The Balaban J connectivity index is 1.93. The van der Waals surface area contributed by atoms with E-state index in [4.69, 9.17) is 4.74 Å². The van der Waals surface area contributed by atoms with E-state index in [1.54, 1.807) is 6.07 Å². The van der Waals surface area contributed by atoms with Gasteiger partial charge in [-0.05, 0) is 24.5 Å². The number of benzene rings is 1. The monoisotopic (exact) mass is 341 g/mol. The number of carbonyl (C=O) groups is 1. The van der Waals surface area contributed by atoms with Gasteiger partial charge in [-0.2, -0.15) is 5.26 Å². The van der Waals surface area contributed by atoms with Crippen LogP contribution in [0, 0.1) is 17.2 Å². The number of hydrogen-bond acceptors (Lipinski definition) is 5. The average Bonchev–Trinajstić information content (AvgIpc) is 3.05. The maximum Gasteiger partial charge on any atom is 0.327 e. The van der Waals surface area contributed by atoms with Crippen molar-refractivity contribution < 1.29 is 9.53 Å². The molecule has 7 heteroatoms. The topological polar surface area (TPSA) is 83.2 Å². The molecule has 132 valence electrons. The number of nitriles is 1. The molecule has 7 nitrogen and oxygen atoms in total. The molecule has 1 aliphatic rings. The number of rotatable bonds is 4. The van der Waals surface area contributed by atoms with Gasteiger partial charge in [-0.1, -0.05) is 13.8 Å². The summed E-state index contributed by atoms with van der Waals surface area (Å²) < 4.78 is 6.89. The molecular weight excluding hydrogens is 318 g/mol. The Kier molecular flexibility index (Phi) is 5.19. The summed E-state index contributed by atoms with van der Waals surface area (Å²) in [5.74, 6) is 0.526. The summed E-state index contributed by atoms with van der Waals surface area (Å²) in [6, 6.07) is 5.52. The lowest BCUT2D eigenvalue weighted by Crippen LogP contribution is -2.36. The highest BCUT2D eigenvalue weighted by Gasteiger charge is 2.19. The van der Waals surface area contributed by atoms with E-state index in [0.717, 1.165) is 30.7 Å². The molecule has 0 radical (unpaired) electrons. The first-order chi connectivity index (χ1) is 12.1.